The molecule has 1 rings (SSSR count). The Hall–Kier alpha value is -1.07. The zero-order valence-corrected chi connectivity index (χ0v) is 12.2. The maximum atomic E-state index is 11.9. The number of aliphatic carboxylic acids is 1. The second kappa shape index (κ2) is 6.20. The quantitative estimate of drug-likeness (QED) is 0.889. The molecule has 0 saturated carbocycles. The van der Waals surface area contributed by atoms with Crippen molar-refractivity contribution in [2.75, 3.05) is 0 Å². The number of amides is 1. The molecule has 0 aromatic heterocycles. The lowest BCUT2D eigenvalue weighted by Gasteiger charge is -2.17. The summed E-state index contributed by atoms with van der Waals surface area (Å²) in [4.78, 5) is 22.7. The molecular formula is C12H13BrClNO3. The van der Waals surface area contributed by atoms with Gasteiger partial charge in [-0.15, -0.1) is 0 Å². The number of carbonyl (C=O) groups is 2. The Kier molecular flexibility index (Phi) is 5.16. The van der Waals surface area contributed by atoms with Crippen molar-refractivity contribution in [3.63, 3.8) is 0 Å². The number of carbonyl (C=O) groups excluding carboxylic acids is 1. The highest BCUT2D eigenvalue weighted by atomic mass is 79.9. The molecule has 18 heavy (non-hydrogen) atoms. The van der Waals surface area contributed by atoms with Crippen LogP contribution in [0.1, 0.15) is 24.2 Å². The molecular weight excluding hydrogens is 321 g/mol. The summed E-state index contributed by atoms with van der Waals surface area (Å²) in [6.45, 7) is 3.20. The molecule has 2 unspecified atom stereocenters. The lowest BCUT2D eigenvalue weighted by atomic mass is 10.0. The third-order valence-corrected chi connectivity index (χ3v) is 3.89. The normalized spacial score (nSPS) is 13.8. The number of rotatable bonds is 4. The van der Waals surface area contributed by atoms with E-state index in [9.17, 15) is 9.59 Å². The summed E-state index contributed by atoms with van der Waals surface area (Å²) in [6.07, 6.45) is 0. The molecule has 0 spiro atoms. The van der Waals surface area contributed by atoms with Gasteiger partial charge in [0, 0.05) is 16.1 Å². The van der Waals surface area contributed by atoms with Gasteiger partial charge in [-0.25, -0.2) is 0 Å². The second-order valence-electron chi connectivity index (χ2n) is 4.02. The number of nitrogens with one attached hydrogen (secondary N) is 1. The van der Waals surface area contributed by atoms with Gasteiger partial charge in [0.05, 0.1) is 10.9 Å². The van der Waals surface area contributed by atoms with Gasteiger partial charge in [-0.1, -0.05) is 11.6 Å². The molecule has 1 amide bonds. The molecule has 4 nitrogen and oxygen atoms in total. The SMILES string of the molecule is CC(NC(=O)c1ccc(Cl)c(Br)c1)C(C)C(=O)O. The zero-order valence-electron chi connectivity index (χ0n) is 9.91. The van der Waals surface area contributed by atoms with Crippen molar-refractivity contribution in [3.05, 3.63) is 33.3 Å². The minimum Gasteiger partial charge on any atom is -0.481 e. The Morgan fingerprint density at radius 1 is 1.39 bits per heavy atom. The van der Waals surface area contributed by atoms with Gasteiger partial charge in [0.2, 0.25) is 0 Å². The fourth-order valence-corrected chi connectivity index (χ4v) is 1.76. The van der Waals surface area contributed by atoms with Crippen LogP contribution in [0.25, 0.3) is 0 Å². The molecule has 0 fully saturated rings. The first kappa shape index (κ1) is 15.0. The summed E-state index contributed by atoms with van der Waals surface area (Å²) in [5.74, 6) is -1.92. The molecule has 6 heteroatoms. The second-order valence-corrected chi connectivity index (χ2v) is 5.28. The third kappa shape index (κ3) is 3.71. The fraction of sp³-hybridized carbons (Fsp3) is 0.333. The van der Waals surface area contributed by atoms with Gasteiger partial charge >= 0.3 is 5.97 Å². The van der Waals surface area contributed by atoms with Crippen molar-refractivity contribution in [1.82, 2.24) is 5.32 Å². The van der Waals surface area contributed by atoms with Crippen molar-refractivity contribution in [2.24, 2.45) is 5.92 Å². The Morgan fingerprint density at radius 3 is 2.50 bits per heavy atom. The van der Waals surface area contributed by atoms with E-state index < -0.39 is 17.9 Å². The molecule has 0 radical (unpaired) electrons. The smallest absolute Gasteiger partial charge is 0.308 e. The Labute approximate surface area is 118 Å². The number of benzene rings is 1. The van der Waals surface area contributed by atoms with Crippen LogP contribution in [0.15, 0.2) is 22.7 Å². The van der Waals surface area contributed by atoms with E-state index in [0.29, 0.717) is 15.1 Å². The van der Waals surface area contributed by atoms with E-state index in [4.69, 9.17) is 16.7 Å². The number of hydrogen-bond donors (Lipinski definition) is 2. The van der Waals surface area contributed by atoms with Gasteiger partial charge in [-0.05, 0) is 48.0 Å². The molecule has 1 aromatic rings. The van der Waals surface area contributed by atoms with Crippen molar-refractivity contribution >= 4 is 39.4 Å². The lowest BCUT2D eigenvalue weighted by Crippen LogP contribution is -2.40. The molecule has 1 aromatic carbocycles. The monoisotopic (exact) mass is 333 g/mol. The summed E-state index contributed by atoms with van der Waals surface area (Å²) in [5, 5.41) is 12.0. The molecule has 0 aliphatic heterocycles. The molecule has 0 aliphatic rings. The van der Waals surface area contributed by atoms with E-state index in [-0.39, 0.29) is 5.91 Å². The first-order valence-electron chi connectivity index (χ1n) is 5.31. The molecule has 0 bridgehead atoms. The standard InChI is InChI=1S/C12H13BrClNO3/c1-6(12(17)18)7(2)15-11(16)8-3-4-10(14)9(13)5-8/h3-7H,1-2H3,(H,15,16)(H,17,18). The van der Waals surface area contributed by atoms with Gasteiger partial charge in [0.25, 0.3) is 5.91 Å². The lowest BCUT2D eigenvalue weighted by molar-refractivity contribution is -0.141. The molecule has 0 aliphatic carbocycles. The van der Waals surface area contributed by atoms with Crippen molar-refractivity contribution in [2.45, 2.75) is 19.9 Å². The van der Waals surface area contributed by atoms with E-state index >= 15 is 0 Å². The van der Waals surface area contributed by atoms with E-state index in [2.05, 4.69) is 21.2 Å². The van der Waals surface area contributed by atoms with Crippen LogP contribution in [-0.2, 0) is 4.79 Å². The molecule has 0 saturated heterocycles. The van der Waals surface area contributed by atoms with E-state index in [1.165, 1.54) is 0 Å². The van der Waals surface area contributed by atoms with Crippen LogP contribution < -0.4 is 5.32 Å². The molecule has 2 atom stereocenters. The first-order chi connectivity index (χ1) is 8.32. The third-order valence-electron chi connectivity index (χ3n) is 2.68. The predicted octanol–water partition coefficient (Wildman–Crippen LogP) is 2.94. The van der Waals surface area contributed by atoms with Crippen LogP contribution in [0.2, 0.25) is 5.02 Å². The highest BCUT2D eigenvalue weighted by Crippen LogP contribution is 2.23. The van der Waals surface area contributed by atoms with Crippen LogP contribution >= 0.6 is 27.5 Å². The summed E-state index contributed by atoms with van der Waals surface area (Å²) in [5.41, 5.74) is 0.427. The zero-order chi connectivity index (χ0) is 13.9. The number of carboxylic acid groups (broad SMARTS) is 1. The minimum atomic E-state index is -0.944. The van der Waals surface area contributed by atoms with E-state index in [1.54, 1.807) is 32.0 Å². The van der Waals surface area contributed by atoms with Crippen molar-refractivity contribution < 1.29 is 14.7 Å². The van der Waals surface area contributed by atoms with Gasteiger partial charge < -0.3 is 10.4 Å². The molecule has 0 heterocycles. The van der Waals surface area contributed by atoms with Crippen LogP contribution in [0.3, 0.4) is 0 Å². The van der Waals surface area contributed by atoms with E-state index in [0.717, 1.165) is 0 Å². The van der Waals surface area contributed by atoms with Gasteiger partial charge in [-0.2, -0.15) is 0 Å². The highest BCUT2D eigenvalue weighted by molar-refractivity contribution is 9.10. The van der Waals surface area contributed by atoms with Crippen molar-refractivity contribution in [3.8, 4) is 0 Å². The first-order valence-corrected chi connectivity index (χ1v) is 6.48. The van der Waals surface area contributed by atoms with E-state index in [1.807, 2.05) is 0 Å². The largest absolute Gasteiger partial charge is 0.481 e. The van der Waals surface area contributed by atoms with Gasteiger partial charge in [0.1, 0.15) is 0 Å². The topological polar surface area (TPSA) is 66.4 Å². The molecule has 2 N–H and O–H groups in total. The summed E-state index contributed by atoms with van der Waals surface area (Å²) in [7, 11) is 0. The number of carboxylic acids is 1. The highest BCUT2D eigenvalue weighted by Gasteiger charge is 2.21. The number of halogens is 2. The van der Waals surface area contributed by atoms with Crippen LogP contribution in [-0.4, -0.2) is 23.0 Å². The van der Waals surface area contributed by atoms with Crippen LogP contribution in [0.5, 0.6) is 0 Å². The average molecular weight is 335 g/mol. The summed E-state index contributed by atoms with van der Waals surface area (Å²) in [6, 6.07) is 4.33. The van der Waals surface area contributed by atoms with Crippen molar-refractivity contribution in [1.29, 1.82) is 0 Å². The summed E-state index contributed by atoms with van der Waals surface area (Å²) < 4.78 is 0.621. The van der Waals surface area contributed by atoms with Crippen LogP contribution in [0.4, 0.5) is 0 Å². The van der Waals surface area contributed by atoms with Gasteiger partial charge in [-0.3, -0.25) is 9.59 Å². The maximum absolute atomic E-state index is 11.9. The van der Waals surface area contributed by atoms with Gasteiger partial charge in [0.15, 0.2) is 0 Å². The molecule has 98 valence electrons. The maximum Gasteiger partial charge on any atom is 0.308 e. The Morgan fingerprint density at radius 2 is 2.00 bits per heavy atom. The summed E-state index contributed by atoms with van der Waals surface area (Å²) >= 11 is 9.05. The fourth-order valence-electron chi connectivity index (χ4n) is 1.27. The van der Waals surface area contributed by atoms with Crippen LogP contribution in [0, 0.1) is 5.92 Å². The predicted molar refractivity (Wildman–Crippen MR) is 72.9 cm³/mol. The number of hydrogen-bond acceptors (Lipinski definition) is 2. The Balaban J connectivity index is 2.76. The Bertz CT molecular complexity index is 478. The average Bonchev–Trinajstić information content (AvgIpc) is 2.31. The minimum absolute atomic E-state index is 0.326.